The van der Waals surface area contributed by atoms with Crippen LogP contribution in [0.4, 0.5) is 0 Å². The highest BCUT2D eigenvalue weighted by Crippen LogP contribution is 2.07. The zero-order valence-electron chi connectivity index (χ0n) is 11.6. The summed E-state index contributed by atoms with van der Waals surface area (Å²) >= 11 is 0. The van der Waals surface area contributed by atoms with Crippen molar-refractivity contribution in [1.29, 1.82) is 0 Å². The van der Waals surface area contributed by atoms with Crippen LogP contribution in [0.5, 0.6) is 0 Å². The standard InChI is InChI=1S/C13H23NO5/c1-3-11(15)14(9-10(2)13(18)19)8-6-4-5-7-12(16)17/h10H,3-9H2,1-2H3,(H,16,17)(H,18,19). The van der Waals surface area contributed by atoms with Crippen molar-refractivity contribution in [2.24, 2.45) is 5.92 Å². The zero-order chi connectivity index (χ0) is 14.8. The van der Waals surface area contributed by atoms with Gasteiger partial charge in [-0.1, -0.05) is 20.3 Å². The van der Waals surface area contributed by atoms with Crippen molar-refractivity contribution in [2.75, 3.05) is 13.1 Å². The molecule has 0 spiro atoms. The molecule has 6 nitrogen and oxygen atoms in total. The van der Waals surface area contributed by atoms with Gasteiger partial charge in [0.1, 0.15) is 0 Å². The summed E-state index contributed by atoms with van der Waals surface area (Å²) in [7, 11) is 0. The first-order valence-electron chi connectivity index (χ1n) is 6.60. The Kier molecular flexibility index (Phi) is 8.57. The summed E-state index contributed by atoms with van der Waals surface area (Å²) in [4.78, 5) is 34.4. The van der Waals surface area contributed by atoms with Crippen LogP contribution < -0.4 is 0 Å². The maximum absolute atomic E-state index is 11.7. The van der Waals surface area contributed by atoms with Gasteiger partial charge in [-0.3, -0.25) is 14.4 Å². The second kappa shape index (κ2) is 9.35. The number of aliphatic carboxylic acids is 2. The van der Waals surface area contributed by atoms with E-state index in [1.807, 2.05) is 0 Å². The molecule has 0 aromatic rings. The predicted octanol–water partition coefficient (Wildman–Crippen LogP) is 1.59. The summed E-state index contributed by atoms with van der Waals surface area (Å²) in [6, 6.07) is 0. The van der Waals surface area contributed by atoms with Crippen LogP contribution >= 0.6 is 0 Å². The fourth-order valence-electron chi connectivity index (χ4n) is 1.71. The van der Waals surface area contributed by atoms with Gasteiger partial charge in [0.25, 0.3) is 0 Å². The third-order valence-corrected chi connectivity index (χ3v) is 2.89. The Morgan fingerprint density at radius 2 is 1.74 bits per heavy atom. The maximum Gasteiger partial charge on any atom is 0.308 e. The van der Waals surface area contributed by atoms with Gasteiger partial charge in [-0.2, -0.15) is 0 Å². The van der Waals surface area contributed by atoms with Crippen molar-refractivity contribution < 1.29 is 24.6 Å². The normalized spacial score (nSPS) is 11.9. The maximum atomic E-state index is 11.7. The molecule has 6 heteroatoms. The van der Waals surface area contributed by atoms with Crippen LogP contribution in [0.15, 0.2) is 0 Å². The topological polar surface area (TPSA) is 94.9 Å². The van der Waals surface area contributed by atoms with Gasteiger partial charge in [0.2, 0.25) is 5.91 Å². The van der Waals surface area contributed by atoms with Crippen molar-refractivity contribution >= 4 is 17.8 Å². The number of carboxylic acid groups (broad SMARTS) is 2. The highest BCUT2D eigenvalue weighted by atomic mass is 16.4. The summed E-state index contributed by atoms with van der Waals surface area (Å²) < 4.78 is 0. The Balaban J connectivity index is 4.11. The molecule has 0 saturated heterocycles. The van der Waals surface area contributed by atoms with Gasteiger partial charge in [0.05, 0.1) is 5.92 Å². The van der Waals surface area contributed by atoms with Crippen LogP contribution in [0.3, 0.4) is 0 Å². The van der Waals surface area contributed by atoms with E-state index in [-0.39, 0.29) is 18.9 Å². The molecule has 0 saturated carbocycles. The molecule has 0 radical (unpaired) electrons. The predicted molar refractivity (Wildman–Crippen MR) is 69.8 cm³/mol. The fourth-order valence-corrected chi connectivity index (χ4v) is 1.71. The molecule has 0 heterocycles. The van der Waals surface area contributed by atoms with E-state index in [1.54, 1.807) is 18.7 Å². The van der Waals surface area contributed by atoms with E-state index in [0.29, 0.717) is 25.8 Å². The van der Waals surface area contributed by atoms with Gasteiger partial charge < -0.3 is 15.1 Å². The van der Waals surface area contributed by atoms with Gasteiger partial charge in [0.15, 0.2) is 0 Å². The molecule has 1 atom stereocenters. The summed E-state index contributed by atoms with van der Waals surface area (Å²) in [5, 5.41) is 17.4. The second-order valence-corrected chi connectivity index (χ2v) is 4.64. The number of hydrogen-bond donors (Lipinski definition) is 2. The van der Waals surface area contributed by atoms with Gasteiger partial charge >= 0.3 is 11.9 Å². The molecule has 2 N–H and O–H groups in total. The molecule has 0 aromatic carbocycles. The Labute approximate surface area is 113 Å². The van der Waals surface area contributed by atoms with Crippen molar-refractivity contribution in [1.82, 2.24) is 4.90 Å². The monoisotopic (exact) mass is 273 g/mol. The van der Waals surface area contributed by atoms with Crippen molar-refractivity contribution in [3.63, 3.8) is 0 Å². The van der Waals surface area contributed by atoms with Crippen LogP contribution in [0, 0.1) is 5.92 Å². The molecule has 1 amide bonds. The lowest BCUT2D eigenvalue weighted by molar-refractivity contribution is -0.143. The third kappa shape index (κ3) is 8.18. The molecule has 110 valence electrons. The molecule has 1 unspecified atom stereocenters. The minimum absolute atomic E-state index is 0.0636. The lowest BCUT2D eigenvalue weighted by atomic mass is 10.1. The van der Waals surface area contributed by atoms with Crippen LogP contribution in [-0.4, -0.2) is 46.0 Å². The zero-order valence-corrected chi connectivity index (χ0v) is 11.6. The number of nitrogens with zero attached hydrogens (tertiary/aromatic N) is 1. The first-order valence-corrected chi connectivity index (χ1v) is 6.60. The highest BCUT2D eigenvalue weighted by Gasteiger charge is 2.18. The first-order chi connectivity index (χ1) is 8.88. The lowest BCUT2D eigenvalue weighted by Gasteiger charge is -2.24. The Bertz CT molecular complexity index is 316. The molecule has 0 aliphatic heterocycles. The molecule has 0 aromatic heterocycles. The average molecular weight is 273 g/mol. The lowest BCUT2D eigenvalue weighted by Crippen LogP contribution is -2.37. The van der Waals surface area contributed by atoms with E-state index >= 15 is 0 Å². The smallest absolute Gasteiger partial charge is 0.308 e. The number of carboxylic acids is 2. The average Bonchev–Trinajstić information content (AvgIpc) is 2.35. The van der Waals surface area contributed by atoms with Gasteiger partial charge in [-0.15, -0.1) is 0 Å². The third-order valence-electron chi connectivity index (χ3n) is 2.89. The van der Waals surface area contributed by atoms with Crippen molar-refractivity contribution in [3.8, 4) is 0 Å². The van der Waals surface area contributed by atoms with E-state index in [4.69, 9.17) is 10.2 Å². The number of rotatable bonds is 10. The summed E-state index contributed by atoms with van der Waals surface area (Å²) in [5.41, 5.74) is 0. The van der Waals surface area contributed by atoms with E-state index in [2.05, 4.69) is 0 Å². The fraction of sp³-hybridized carbons (Fsp3) is 0.769. The van der Waals surface area contributed by atoms with Gasteiger partial charge in [-0.05, 0) is 12.8 Å². The number of hydrogen-bond acceptors (Lipinski definition) is 3. The van der Waals surface area contributed by atoms with E-state index in [1.165, 1.54) is 0 Å². The van der Waals surface area contributed by atoms with Crippen molar-refractivity contribution in [2.45, 2.75) is 46.0 Å². The molecule has 0 rings (SSSR count). The van der Waals surface area contributed by atoms with Crippen LogP contribution in [0.2, 0.25) is 0 Å². The Hall–Kier alpha value is -1.59. The Morgan fingerprint density at radius 1 is 1.11 bits per heavy atom. The number of carbonyl (C=O) groups excluding carboxylic acids is 1. The number of unbranched alkanes of at least 4 members (excludes halogenated alkanes) is 2. The molecular weight excluding hydrogens is 250 g/mol. The molecule has 0 fully saturated rings. The first kappa shape index (κ1) is 17.4. The minimum Gasteiger partial charge on any atom is -0.481 e. The van der Waals surface area contributed by atoms with Crippen molar-refractivity contribution in [3.05, 3.63) is 0 Å². The SMILES string of the molecule is CCC(=O)N(CCCCCC(=O)O)CC(C)C(=O)O. The molecule has 0 bridgehead atoms. The van der Waals surface area contributed by atoms with E-state index < -0.39 is 17.9 Å². The molecule has 0 aliphatic carbocycles. The number of carbonyl (C=O) groups is 3. The molecule has 19 heavy (non-hydrogen) atoms. The van der Waals surface area contributed by atoms with E-state index in [0.717, 1.165) is 6.42 Å². The molecular formula is C13H23NO5. The highest BCUT2D eigenvalue weighted by molar-refractivity contribution is 5.77. The molecule has 0 aliphatic rings. The van der Waals surface area contributed by atoms with Crippen LogP contribution in [0.1, 0.15) is 46.0 Å². The largest absolute Gasteiger partial charge is 0.481 e. The summed E-state index contributed by atoms with van der Waals surface area (Å²) in [5.74, 6) is -2.39. The van der Waals surface area contributed by atoms with Gasteiger partial charge in [0, 0.05) is 25.9 Å². The Morgan fingerprint density at radius 3 is 2.21 bits per heavy atom. The summed E-state index contributed by atoms with van der Waals surface area (Å²) in [6.07, 6.45) is 2.49. The van der Waals surface area contributed by atoms with E-state index in [9.17, 15) is 14.4 Å². The van der Waals surface area contributed by atoms with Gasteiger partial charge in [-0.25, -0.2) is 0 Å². The summed E-state index contributed by atoms with van der Waals surface area (Å²) in [6.45, 7) is 4.01. The number of amides is 1. The second-order valence-electron chi connectivity index (χ2n) is 4.64. The quantitative estimate of drug-likeness (QED) is 0.589. The minimum atomic E-state index is -0.917. The van der Waals surface area contributed by atoms with Crippen LogP contribution in [0.25, 0.3) is 0 Å². The van der Waals surface area contributed by atoms with Crippen LogP contribution in [-0.2, 0) is 14.4 Å².